The van der Waals surface area contributed by atoms with Gasteiger partial charge in [-0.2, -0.15) is 0 Å². The standard InChI is InChI=1S/C24H30ClN3O3/c1-14(2)18-6-5-7-19(15(3)4)23(18)26-22(29)13-31-24(30)21-12-20(27-28-21)16-8-10-17(25)11-9-16/h5-11,14-15,20-21,27-28H,12-13H2,1-4H3,(H,26,29). The van der Waals surface area contributed by atoms with Gasteiger partial charge in [-0.05, 0) is 47.1 Å². The second-order valence-corrected chi connectivity index (χ2v) is 8.89. The predicted octanol–water partition coefficient (Wildman–Crippen LogP) is 4.68. The molecule has 7 heteroatoms. The molecule has 0 bridgehead atoms. The lowest BCUT2D eigenvalue weighted by Crippen LogP contribution is -2.38. The van der Waals surface area contributed by atoms with Crippen LogP contribution in [0.4, 0.5) is 5.69 Å². The molecular weight excluding hydrogens is 414 g/mol. The van der Waals surface area contributed by atoms with Crippen LogP contribution in [0.25, 0.3) is 0 Å². The molecule has 1 fully saturated rings. The van der Waals surface area contributed by atoms with Gasteiger partial charge in [0.15, 0.2) is 6.61 Å². The maximum Gasteiger partial charge on any atom is 0.325 e. The number of para-hydroxylation sites is 1. The molecule has 2 aromatic rings. The van der Waals surface area contributed by atoms with E-state index in [-0.39, 0.29) is 30.4 Å². The summed E-state index contributed by atoms with van der Waals surface area (Å²) in [7, 11) is 0. The molecule has 1 aliphatic heterocycles. The van der Waals surface area contributed by atoms with E-state index in [0.717, 1.165) is 22.4 Å². The fourth-order valence-corrected chi connectivity index (χ4v) is 3.86. The monoisotopic (exact) mass is 443 g/mol. The first-order valence-electron chi connectivity index (χ1n) is 10.6. The fraction of sp³-hybridized carbons (Fsp3) is 0.417. The van der Waals surface area contributed by atoms with Gasteiger partial charge in [0.05, 0.1) is 0 Å². The molecule has 0 aromatic heterocycles. The zero-order valence-corrected chi connectivity index (χ0v) is 19.1. The van der Waals surface area contributed by atoms with Gasteiger partial charge in [0.25, 0.3) is 5.91 Å². The number of amides is 1. The highest BCUT2D eigenvalue weighted by molar-refractivity contribution is 6.30. The molecule has 2 aromatic carbocycles. The Balaban J connectivity index is 1.57. The molecule has 31 heavy (non-hydrogen) atoms. The third-order valence-electron chi connectivity index (χ3n) is 5.44. The summed E-state index contributed by atoms with van der Waals surface area (Å²) < 4.78 is 5.29. The summed E-state index contributed by atoms with van der Waals surface area (Å²) in [5.41, 5.74) is 10.0. The molecule has 166 valence electrons. The third-order valence-corrected chi connectivity index (χ3v) is 5.69. The minimum Gasteiger partial charge on any atom is -0.454 e. The molecule has 0 aliphatic carbocycles. The molecule has 3 N–H and O–H groups in total. The van der Waals surface area contributed by atoms with Crippen molar-refractivity contribution >= 4 is 29.2 Å². The first kappa shape index (κ1) is 23.3. The van der Waals surface area contributed by atoms with Gasteiger partial charge in [0.1, 0.15) is 6.04 Å². The molecule has 1 heterocycles. The number of ether oxygens (including phenoxy) is 1. The molecule has 1 saturated heterocycles. The van der Waals surface area contributed by atoms with Crippen LogP contribution in [0.2, 0.25) is 5.02 Å². The maximum atomic E-state index is 12.6. The SMILES string of the molecule is CC(C)c1cccc(C(C)C)c1NC(=O)COC(=O)C1CC(c2ccc(Cl)cc2)NN1. The highest BCUT2D eigenvalue weighted by Gasteiger charge is 2.31. The van der Waals surface area contributed by atoms with Crippen molar-refractivity contribution < 1.29 is 14.3 Å². The van der Waals surface area contributed by atoms with Crippen molar-refractivity contribution in [2.24, 2.45) is 0 Å². The van der Waals surface area contributed by atoms with E-state index in [1.54, 1.807) is 0 Å². The maximum absolute atomic E-state index is 12.6. The Morgan fingerprint density at radius 1 is 1.03 bits per heavy atom. The van der Waals surface area contributed by atoms with Crippen LogP contribution in [-0.4, -0.2) is 24.5 Å². The van der Waals surface area contributed by atoms with E-state index in [4.69, 9.17) is 16.3 Å². The van der Waals surface area contributed by atoms with E-state index in [0.29, 0.717) is 11.4 Å². The summed E-state index contributed by atoms with van der Waals surface area (Å²) in [6, 6.07) is 13.0. The quantitative estimate of drug-likeness (QED) is 0.541. The topological polar surface area (TPSA) is 79.5 Å². The summed E-state index contributed by atoms with van der Waals surface area (Å²) in [4.78, 5) is 25.0. The van der Waals surface area contributed by atoms with Crippen LogP contribution in [0.5, 0.6) is 0 Å². The van der Waals surface area contributed by atoms with Crippen LogP contribution < -0.4 is 16.2 Å². The first-order valence-corrected chi connectivity index (χ1v) is 11.0. The Kier molecular flexibility index (Phi) is 7.70. The number of hydrogen-bond acceptors (Lipinski definition) is 5. The molecule has 0 radical (unpaired) electrons. The summed E-state index contributed by atoms with van der Waals surface area (Å²) in [5, 5.41) is 3.63. The minimum absolute atomic E-state index is 0.0323. The van der Waals surface area contributed by atoms with Gasteiger partial charge in [0, 0.05) is 16.8 Å². The van der Waals surface area contributed by atoms with Gasteiger partial charge in [0.2, 0.25) is 0 Å². The van der Waals surface area contributed by atoms with Crippen LogP contribution in [0.1, 0.15) is 68.7 Å². The van der Waals surface area contributed by atoms with Crippen LogP contribution in [0, 0.1) is 0 Å². The molecule has 0 saturated carbocycles. The number of carbonyl (C=O) groups excluding carboxylic acids is 2. The largest absolute Gasteiger partial charge is 0.454 e. The summed E-state index contributed by atoms with van der Waals surface area (Å²) in [6.45, 7) is 8.03. The van der Waals surface area contributed by atoms with Crippen molar-refractivity contribution in [3.63, 3.8) is 0 Å². The molecular formula is C24H30ClN3O3. The van der Waals surface area contributed by atoms with Crippen LogP contribution in [-0.2, 0) is 14.3 Å². The van der Waals surface area contributed by atoms with E-state index < -0.39 is 12.0 Å². The normalized spacial score (nSPS) is 18.4. The Morgan fingerprint density at radius 2 is 1.65 bits per heavy atom. The lowest BCUT2D eigenvalue weighted by atomic mass is 9.92. The molecule has 1 aliphatic rings. The van der Waals surface area contributed by atoms with Gasteiger partial charge in [-0.1, -0.05) is 69.6 Å². The highest BCUT2D eigenvalue weighted by Crippen LogP contribution is 2.32. The van der Waals surface area contributed by atoms with Crippen LogP contribution >= 0.6 is 11.6 Å². The summed E-state index contributed by atoms with van der Waals surface area (Å²) in [6.07, 6.45) is 0.524. The minimum atomic E-state index is -0.525. The molecule has 1 amide bonds. The van der Waals surface area contributed by atoms with Crippen molar-refractivity contribution in [1.29, 1.82) is 0 Å². The van der Waals surface area contributed by atoms with Gasteiger partial charge >= 0.3 is 5.97 Å². The fourth-order valence-electron chi connectivity index (χ4n) is 3.73. The van der Waals surface area contributed by atoms with E-state index in [1.165, 1.54) is 0 Å². The number of hydrogen-bond donors (Lipinski definition) is 3. The Morgan fingerprint density at radius 3 is 2.23 bits per heavy atom. The zero-order valence-electron chi connectivity index (χ0n) is 18.4. The average Bonchev–Trinajstić information content (AvgIpc) is 3.22. The number of benzene rings is 2. The lowest BCUT2D eigenvalue weighted by molar-refractivity contribution is -0.149. The van der Waals surface area contributed by atoms with Crippen LogP contribution in [0.15, 0.2) is 42.5 Å². The average molecular weight is 444 g/mol. The van der Waals surface area contributed by atoms with Crippen molar-refractivity contribution in [1.82, 2.24) is 10.9 Å². The number of hydrazine groups is 1. The molecule has 2 unspecified atom stereocenters. The van der Waals surface area contributed by atoms with Crippen LogP contribution in [0.3, 0.4) is 0 Å². The second-order valence-electron chi connectivity index (χ2n) is 8.46. The predicted molar refractivity (Wildman–Crippen MR) is 123 cm³/mol. The Labute approximate surface area is 188 Å². The van der Waals surface area contributed by atoms with Crippen molar-refractivity contribution in [2.75, 3.05) is 11.9 Å². The number of nitrogens with one attached hydrogen (secondary N) is 3. The first-order chi connectivity index (χ1) is 14.8. The van der Waals surface area contributed by atoms with Crippen molar-refractivity contribution in [3.8, 4) is 0 Å². The summed E-state index contributed by atoms with van der Waals surface area (Å²) >= 11 is 5.93. The molecule has 2 atom stereocenters. The van der Waals surface area contributed by atoms with E-state index in [2.05, 4.69) is 43.9 Å². The summed E-state index contributed by atoms with van der Waals surface area (Å²) in [5.74, 6) is -0.283. The van der Waals surface area contributed by atoms with Gasteiger partial charge < -0.3 is 10.1 Å². The zero-order chi connectivity index (χ0) is 22.5. The van der Waals surface area contributed by atoms with Gasteiger partial charge in [-0.25, -0.2) is 10.9 Å². The third kappa shape index (κ3) is 5.85. The number of halogens is 1. The molecule has 6 nitrogen and oxygen atoms in total. The highest BCUT2D eigenvalue weighted by atomic mass is 35.5. The second kappa shape index (κ2) is 10.3. The van der Waals surface area contributed by atoms with E-state index >= 15 is 0 Å². The number of esters is 1. The number of carbonyl (C=O) groups is 2. The van der Waals surface area contributed by atoms with E-state index in [9.17, 15) is 9.59 Å². The Bertz CT molecular complexity index is 902. The smallest absolute Gasteiger partial charge is 0.325 e. The van der Waals surface area contributed by atoms with Crippen molar-refractivity contribution in [2.45, 2.75) is 58.0 Å². The number of anilines is 1. The van der Waals surface area contributed by atoms with Gasteiger partial charge in [-0.3, -0.25) is 9.59 Å². The molecule has 3 rings (SSSR count). The van der Waals surface area contributed by atoms with Crippen molar-refractivity contribution in [3.05, 3.63) is 64.2 Å². The van der Waals surface area contributed by atoms with Gasteiger partial charge in [-0.15, -0.1) is 0 Å². The molecule has 0 spiro atoms. The van der Waals surface area contributed by atoms with E-state index in [1.807, 2.05) is 42.5 Å². The number of rotatable bonds is 7. The lowest BCUT2D eigenvalue weighted by Gasteiger charge is -2.20. The Hall–Kier alpha value is -2.41.